The van der Waals surface area contributed by atoms with Gasteiger partial charge in [-0.2, -0.15) is 0 Å². The molecule has 1 aromatic rings. The molecular weight excluding hydrogens is 180 g/mol. The van der Waals surface area contributed by atoms with Gasteiger partial charge < -0.3 is 10.2 Å². The second-order valence-corrected chi connectivity index (χ2v) is 2.82. The number of nitrogens with zero attached hydrogens (tertiary/aromatic N) is 1. The molecule has 0 atom stereocenters. The van der Waals surface area contributed by atoms with E-state index in [0.29, 0.717) is 12.3 Å². The van der Waals surface area contributed by atoms with Gasteiger partial charge in [-0.15, -0.1) is 0 Å². The van der Waals surface area contributed by atoms with Gasteiger partial charge in [-0.25, -0.2) is 9.80 Å². The third-order valence-electron chi connectivity index (χ3n) is 1.80. The van der Waals surface area contributed by atoms with Crippen LogP contribution in [0.15, 0.2) is 42.6 Å². The molecule has 0 aromatic heterocycles. The summed E-state index contributed by atoms with van der Waals surface area (Å²) in [7, 11) is 0. The fourth-order valence-corrected chi connectivity index (χ4v) is 1.13. The molecule has 4 heteroatoms. The van der Waals surface area contributed by atoms with Crippen LogP contribution >= 0.6 is 0 Å². The lowest BCUT2D eigenvalue weighted by molar-refractivity contribution is 0.148. The highest BCUT2D eigenvalue weighted by molar-refractivity contribution is 5.70. The van der Waals surface area contributed by atoms with E-state index in [1.54, 1.807) is 18.3 Å². The van der Waals surface area contributed by atoms with Crippen molar-refractivity contribution in [2.75, 3.05) is 6.54 Å². The molecule has 0 bridgehead atoms. The maximum atomic E-state index is 11.4. The van der Waals surface area contributed by atoms with E-state index >= 15 is 0 Å². The zero-order valence-electron chi connectivity index (χ0n) is 7.51. The van der Waals surface area contributed by atoms with Crippen molar-refractivity contribution >= 4 is 6.09 Å². The predicted molar refractivity (Wildman–Crippen MR) is 51.4 cm³/mol. The molecule has 0 saturated heterocycles. The lowest BCUT2D eigenvalue weighted by Gasteiger charge is -2.15. The van der Waals surface area contributed by atoms with Gasteiger partial charge in [0.25, 0.3) is 0 Å². The van der Waals surface area contributed by atoms with Crippen LogP contribution < -0.4 is 10.2 Å². The average Bonchev–Trinajstić information content (AvgIpc) is 2.72. The van der Waals surface area contributed by atoms with E-state index in [0.717, 1.165) is 0 Å². The number of nitrogens with one attached hydrogen (secondary N) is 1. The van der Waals surface area contributed by atoms with Crippen LogP contribution in [0.4, 0.5) is 4.79 Å². The molecule has 1 aromatic carbocycles. The van der Waals surface area contributed by atoms with Crippen LogP contribution in [0.1, 0.15) is 0 Å². The minimum atomic E-state index is -0.402. The summed E-state index contributed by atoms with van der Waals surface area (Å²) in [6.45, 7) is 0.533. The Hall–Kier alpha value is -1.97. The number of carbonyl (C=O) groups excluding carboxylic acids is 1. The molecule has 14 heavy (non-hydrogen) atoms. The van der Waals surface area contributed by atoms with Gasteiger partial charge in [0.1, 0.15) is 5.75 Å². The molecule has 0 aliphatic carbocycles. The molecule has 0 unspecified atom stereocenters. The summed E-state index contributed by atoms with van der Waals surface area (Å²) < 4.78 is 5.08. The van der Waals surface area contributed by atoms with Gasteiger partial charge >= 0.3 is 6.09 Å². The van der Waals surface area contributed by atoms with Crippen molar-refractivity contribution in [2.24, 2.45) is 0 Å². The van der Waals surface area contributed by atoms with Gasteiger partial charge in [-0.3, -0.25) is 0 Å². The molecule has 1 N–H and O–H groups in total. The Morgan fingerprint density at radius 1 is 1.36 bits per heavy atom. The Bertz CT molecular complexity index is 340. The summed E-state index contributed by atoms with van der Waals surface area (Å²) in [5.74, 6) is 0.547. The van der Waals surface area contributed by atoms with Crippen LogP contribution in [-0.2, 0) is 0 Å². The summed E-state index contributed by atoms with van der Waals surface area (Å²) in [5, 5.41) is 1.38. The van der Waals surface area contributed by atoms with Crippen molar-refractivity contribution in [3.8, 4) is 5.75 Å². The maximum Gasteiger partial charge on any atom is 0.434 e. The number of benzene rings is 1. The smallest absolute Gasteiger partial charge is 0.409 e. The summed E-state index contributed by atoms with van der Waals surface area (Å²) in [5.41, 5.74) is 2.75. The van der Waals surface area contributed by atoms with Crippen molar-refractivity contribution in [3.63, 3.8) is 0 Å². The SMILES string of the molecule is O=C(Oc1ccccc1)N1CC=CN1. The molecule has 0 radical (unpaired) electrons. The zero-order chi connectivity index (χ0) is 9.80. The topological polar surface area (TPSA) is 41.6 Å². The Morgan fingerprint density at radius 2 is 2.14 bits per heavy atom. The predicted octanol–water partition coefficient (Wildman–Crippen LogP) is 1.52. The largest absolute Gasteiger partial charge is 0.434 e. The minimum absolute atomic E-state index is 0.402. The Labute approximate surface area is 81.8 Å². The molecular formula is C10H10N2O2. The third kappa shape index (κ3) is 1.85. The molecule has 1 amide bonds. The summed E-state index contributed by atoms with van der Waals surface area (Å²) in [6.07, 6.45) is 3.14. The van der Waals surface area contributed by atoms with E-state index in [2.05, 4.69) is 5.43 Å². The summed E-state index contributed by atoms with van der Waals surface area (Å²) in [4.78, 5) is 11.4. The number of hydrogen-bond donors (Lipinski definition) is 1. The van der Waals surface area contributed by atoms with Crippen molar-refractivity contribution in [3.05, 3.63) is 42.6 Å². The van der Waals surface area contributed by atoms with Crippen LogP contribution in [0, 0.1) is 0 Å². The Balaban J connectivity index is 1.95. The standard InChI is InChI=1S/C10H10N2O2/c13-10(12-8-4-7-11-12)14-9-5-2-1-3-6-9/h1-7,11H,8H2. The second-order valence-electron chi connectivity index (χ2n) is 2.82. The van der Waals surface area contributed by atoms with Crippen molar-refractivity contribution in [1.29, 1.82) is 0 Å². The average molecular weight is 190 g/mol. The van der Waals surface area contributed by atoms with Crippen molar-refractivity contribution in [1.82, 2.24) is 10.4 Å². The van der Waals surface area contributed by atoms with Gasteiger partial charge in [-0.1, -0.05) is 18.2 Å². The summed E-state index contributed by atoms with van der Waals surface area (Å²) >= 11 is 0. The van der Waals surface area contributed by atoms with Gasteiger partial charge in [0.15, 0.2) is 0 Å². The fraction of sp³-hybridized carbons (Fsp3) is 0.100. The van der Waals surface area contributed by atoms with E-state index in [9.17, 15) is 4.79 Å². The van der Waals surface area contributed by atoms with Crippen molar-refractivity contribution in [2.45, 2.75) is 0 Å². The fourth-order valence-electron chi connectivity index (χ4n) is 1.13. The van der Waals surface area contributed by atoms with E-state index < -0.39 is 6.09 Å². The lowest BCUT2D eigenvalue weighted by Crippen LogP contribution is -2.38. The number of rotatable bonds is 1. The number of hydrazine groups is 1. The Morgan fingerprint density at radius 3 is 2.79 bits per heavy atom. The van der Waals surface area contributed by atoms with Crippen LogP contribution in [-0.4, -0.2) is 17.6 Å². The van der Waals surface area contributed by atoms with Crippen LogP contribution in [0.25, 0.3) is 0 Å². The molecule has 1 aliphatic heterocycles. The maximum absolute atomic E-state index is 11.4. The first-order chi connectivity index (χ1) is 6.86. The number of para-hydroxylation sites is 1. The molecule has 1 aliphatic rings. The first-order valence-electron chi connectivity index (χ1n) is 4.32. The third-order valence-corrected chi connectivity index (χ3v) is 1.80. The van der Waals surface area contributed by atoms with Crippen LogP contribution in [0.3, 0.4) is 0 Å². The first-order valence-corrected chi connectivity index (χ1v) is 4.32. The molecule has 0 spiro atoms. The monoisotopic (exact) mass is 190 g/mol. The number of ether oxygens (including phenoxy) is 1. The quantitative estimate of drug-likeness (QED) is 0.730. The molecule has 72 valence electrons. The zero-order valence-corrected chi connectivity index (χ0v) is 7.51. The van der Waals surface area contributed by atoms with E-state index in [1.807, 2.05) is 24.3 Å². The molecule has 4 nitrogen and oxygen atoms in total. The van der Waals surface area contributed by atoms with E-state index in [-0.39, 0.29) is 0 Å². The van der Waals surface area contributed by atoms with Gasteiger partial charge in [0.2, 0.25) is 0 Å². The molecule has 0 saturated carbocycles. The molecule has 1 heterocycles. The van der Waals surface area contributed by atoms with Crippen molar-refractivity contribution < 1.29 is 9.53 Å². The van der Waals surface area contributed by atoms with Gasteiger partial charge in [0.05, 0.1) is 6.54 Å². The lowest BCUT2D eigenvalue weighted by atomic mass is 10.3. The first kappa shape index (κ1) is 8.62. The highest BCUT2D eigenvalue weighted by atomic mass is 16.6. The number of amides is 1. The number of hydrogen-bond acceptors (Lipinski definition) is 3. The molecule has 2 rings (SSSR count). The normalized spacial score (nSPS) is 13.9. The van der Waals surface area contributed by atoms with Gasteiger partial charge in [-0.05, 0) is 18.2 Å². The second kappa shape index (κ2) is 3.83. The molecule has 0 fully saturated rings. The van der Waals surface area contributed by atoms with Gasteiger partial charge in [0, 0.05) is 6.20 Å². The van der Waals surface area contributed by atoms with E-state index in [1.165, 1.54) is 5.01 Å². The Kier molecular flexibility index (Phi) is 2.36. The van der Waals surface area contributed by atoms with Crippen LogP contribution in [0.2, 0.25) is 0 Å². The minimum Gasteiger partial charge on any atom is -0.409 e. The highest BCUT2D eigenvalue weighted by Gasteiger charge is 2.15. The van der Waals surface area contributed by atoms with Crippen LogP contribution in [0.5, 0.6) is 5.75 Å². The van der Waals surface area contributed by atoms with E-state index in [4.69, 9.17) is 4.74 Å². The number of carbonyl (C=O) groups is 1. The highest BCUT2D eigenvalue weighted by Crippen LogP contribution is 2.10. The summed E-state index contributed by atoms with van der Waals surface area (Å²) in [6, 6.07) is 8.98.